The summed E-state index contributed by atoms with van der Waals surface area (Å²) in [7, 11) is 1.35. The zero-order valence-corrected chi connectivity index (χ0v) is 23.5. The summed E-state index contributed by atoms with van der Waals surface area (Å²) in [4.78, 5) is 25.1. The molecule has 0 spiro atoms. The minimum absolute atomic E-state index is 0.0412. The second-order valence-corrected chi connectivity index (χ2v) is 10.8. The number of benzene rings is 3. The third-order valence-corrected chi connectivity index (χ3v) is 8.41. The monoisotopic (exact) mass is 582 g/mol. The van der Waals surface area contributed by atoms with Gasteiger partial charge in [0.15, 0.2) is 0 Å². The summed E-state index contributed by atoms with van der Waals surface area (Å²) in [6.07, 6.45) is -0.0528. The van der Waals surface area contributed by atoms with Gasteiger partial charge in [0.05, 0.1) is 28.8 Å². The van der Waals surface area contributed by atoms with Crippen LogP contribution in [-0.2, 0) is 19.7 Å². The molecular weight excluding hydrogens is 558 g/mol. The van der Waals surface area contributed by atoms with Crippen LogP contribution in [0.15, 0.2) is 60.7 Å². The van der Waals surface area contributed by atoms with Crippen molar-refractivity contribution in [2.75, 3.05) is 12.4 Å². The lowest BCUT2D eigenvalue weighted by atomic mass is 9.93. The van der Waals surface area contributed by atoms with E-state index in [9.17, 15) is 9.59 Å². The molecule has 0 radical (unpaired) electrons. The third-order valence-electron chi connectivity index (χ3n) is 7.09. The Labute approximate surface area is 239 Å². The number of anilines is 1. The average Bonchev–Trinajstić information content (AvgIpc) is 3.68. The summed E-state index contributed by atoms with van der Waals surface area (Å²) in [6, 6.07) is 16.0. The van der Waals surface area contributed by atoms with E-state index < -0.39 is 29.2 Å². The number of amides is 1. The number of carbonyl (C=O) groups excluding carboxylic acids is 2. The van der Waals surface area contributed by atoms with E-state index in [4.69, 9.17) is 21.1 Å². The molecule has 0 aliphatic heterocycles. The van der Waals surface area contributed by atoms with Gasteiger partial charge in [0.25, 0.3) is 0 Å². The number of nitrogens with zero attached hydrogens (tertiary/aromatic N) is 1. The number of hydrogen-bond donors (Lipinski definition) is 1. The summed E-state index contributed by atoms with van der Waals surface area (Å²) < 4.78 is 45.4. The molecule has 10 heteroatoms. The van der Waals surface area contributed by atoms with E-state index >= 15 is 8.78 Å². The van der Waals surface area contributed by atoms with Crippen LogP contribution in [0.25, 0.3) is 21.6 Å². The minimum atomic E-state index is -0.782. The van der Waals surface area contributed by atoms with E-state index in [2.05, 4.69) is 9.69 Å². The molecule has 1 fully saturated rings. The van der Waals surface area contributed by atoms with Gasteiger partial charge in [0, 0.05) is 21.7 Å². The highest BCUT2D eigenvalue weighted by atomic mass is 35.5. The Morgan fingerprint density at radius 3 is 2.35 bits per heavy atom. The van der Waals surface area contributed by atoms with Crippen LogP contribution in [0, 0.1) is 18.6 Å². The summed E-state index contributed by atoms with van der Waals surface area (Å²) in [5.74, 6) is -1.63. The van der Waals surface area contributed by atoms with Crippen molar-refractivity contribution in [2.24, 2.45) is 0 Å². The van der Waals surface area contributed by atoms with Crippen LogP contribution in [0.1, 0.15) is 42.7 Å². The standard InChI is InChI=1S/C30H25ClF2N2O4S/c1-16-26(34-29(37)39-17(2)20-6-4-5-7-23(20)31)27(40-35-16)22-15-24(32)21(14-25(22)33)18-8-10-19(11-9-18)30(12-13-30)28(36)38-3/h4-11,14-15,17H,12-13H2,1-3H3,(H,34,37)/t17-/m1/s1. The largest absolute Gasteiger partial charge is 0.468 e. The van der Waals surface area contributed by atoms with Gasteiger partial charge in [-0.05, 0) is 67.5 Å². The van der Waals surface area contributed by atoms with Crippen molar-refractivity contribution in [1.82, 2.24) is 4.37 Å². The molecular formula is C30H25ClF2N2O4S. The van der Waals surface area contributed by atoms with E-state index in [0.717, 1.165) is 29.2 Å². The first-order chi connectivity index (χ1) is 19.1. The van der Waals surface area contributed by atoms with E-state index in [1.165, 1.54) is 7.11 Å². The smallest absolute Gasteiger partial charge is 0.412 e. The number of hydrogen-bond acceptors (Lipinski definition) is 6. The predicted molar refractivity (Wildman–Crippen MR) is 151 cm³/mol. The molecule has 40 heavy (non-hydrogen) atoms. The maximum absolute atomic E-state index is 15.4. The highest BCUT2D eigenvalue weighted by Gasteiger charge is 2.52. The van der Waals surface area contributed by atoms with Crippen molar-refractivity contribution in [1.29, 1.82) is 0 Å². The third kappa shape index (κ3) is 5.19. The molecule has 1 aliphatic carbocycles. The van der Waals surface area contributed by atoms with Gasteiger partial charge in [-0.1, -0.05) is 54.1 Å². The Kier molecular flexibility index (Phi) is 7.61. The summed E-state index contributed by atoms with van der Waals surface area (Å²) in [6.45, 7) is 3.33. The fourth-order valence-corrected chi connectivity index (χ4v) is 5.86. The summed E-state index contributed by atoms with van der Waals surface area (Å²) >= 11 is 7.14. The Bertz CT molecular complexity index is 1600. The number of ether oxygens (including phenoxy) is 2. The van der Waals surface area contributed by atoms with Gasteiger partial charge in [0.1, 0.15) is 17.7 Å². The Hall–Kier alpha value is -3.82. The van der Waals surface area contributed by atoms with E-state index in [0.29, 0.717) is 34.7 Å². The molecule has 0 bridgehead atoms. The lowest BCUT2D eigenvalue weighted by Crippen LogP contribution is -2.21. The Morgan fingerprint density at radius 1 is 1.05 bits per heavy atom. The fourth-order valence-electron chi connectivity index (χ4n) is 4.70. The zero-order chi connectivity index (χ0) is 28.6. The van der Waals surface area contributed by atoms with Crippen molar-refractivity contribution >= 4 is 40.9 Å². The normalized spacial score (nSPS) is 14.3. The van der Waals surface area contributed by atoms with Gasteiger partial charge in [-0.15, -0.1) is 0 Å². The first-order valence-corrected chi connectivity index (χ1v) is 13.7. The second-order valence-electron chi connectivity index (χ2n) is 9.63. The van der Waals surface area contributed by atoms with E-state index in [1.54, 1.807) is 62.4 Å². The van der Waals surface area contributed by atoms with Crippen molar-refractivity contribution in [3.63, 3.8) is 0 Å². The molecule has 5 rings (SSSR count). The molecule has 206 valence electrons. The predicted octanol–water partition coefficient (Wildman–Crippen LogP) is 8.23. The lowest BCUT2D eigenvalue weighted by molar-refractivity contribution is -0.143. The van der Waals surface area contributed by atoms with Crippen molar-refractivity contribution in [2.45, 2.75) is 38.2 Å². The van der Waals surface area contributed by atoms with Crippen molar-refractivity contribution in [3.05, 3.63) is 94.1 Å². The number of halogens is 3. The van der Waals surface area contributed by atoms with Gasteiger partial charge in [0.2, 0.25) is 0 Å². The first-order valence-electron chi connectivity index (χ1n) is 12.5. The van der Waals surface area contributed by atoms with Gasteiger partial charge in [-0.25, -0.2) is 13.6 Å². The van der Waals surface area contributed by atoms with Crippen LogP contribution in [0.3, 0.4) is 0 Å². The maximum Gasteiger partial charge on any atom is 0.412 e. The number of aromatic nitrogens is 1. The van der Waals surface area contributed by atoms with Gasteiger partial charge < -0.3 is 9.47 Å². The van der Waals surface area contributed by atoms with Crippen LogP contribution in [-0.4, -0.2) is 23.5 Å². The molecule has 1 amide bonds. The molecule has 1 aromatic heterocycles. The molecule has 1 saturated carbocycles. The topological polar surface area (TPSA) is 77.5 Å². The SMILES string of the molecule is COC(=O)C1(c2ccc(-c3cc(F)c(-c4snc(C)c4NC(=O)O[C@H](C)c4ccccc4Cl)cc3F)cc2)CC1. The highest BCUT2D eigenvalue weighted by molar-refractivity contribution is 7.10. The molecule has 1 atom stereocenters. The summed E-state index contributed by atoms with van der Waals surface area (Å²) in [5.41, 5.74) is 1.92. The maximum atomic E-state index is 15.4. The van der Waals surface area contributed by atoms with Gasteiger partial charge in [-0.2, -0.15) is 4.37 Å². The van der Waals surface area contributed by atoms with Crippen molar-refractivity contribution < 1.29 is 27.8 Å². The summed E-state index contributed by atoms with van der Waals surface area (Å²) in [5, 5.41) is 3.09. The van der Waals surface area contributed by atoms with Crippen LogP contribution in [0.4, 0.5) is 19.3 Å². The molecule has 6 nitrogen and oxygen atoms in total. The van der Waals surface area contributed by atoms with Crippen LogP contribution in [0.5, 0.6) is 0 Å². The first kappa shape index (κ1) is 27.7. The van der Waals surface area contributed by atoms with Gasteiger partial charge >= 0.3 is 12.1 Å². The van der Waals surface area contributed by atoms with Crippen molar-refractivity contribution in [3.8, 4) is 21.6 Å². The molecule has 4 aromatic rings. The number of aryl methyl sites for hydroxylation is 1. The number of rotatable bonds is 7. The highest BCUT2D eigenvalue weighted by Crippen LogP contribution is 2.49. The Morgan fingerprint density at radius 2 is 1.70 bits per heavy atom. The van der Waals surface area contributed by atoms with Crippen LogP contribution < -0.4 is 5.32 Å². The lowest BCUT2D eigenvalue weighted by Gasteiger charge is -2.16. The van der Waals surface area contributed by atoms with E-state index in [1.807, 2.05) is 0 Å². The molecule has 0 saturated heterocycles. The molecule has 1 heterocycles. The number of nitrogens with one attached hydrogen (secondary N) is 1. The fraction of sp³-hybridized carbons (Fsp3) is 0.233. The van der Waals surface area contributed by atoms with Crippen LogP contribution >= 0.6 is 23.1 Å². The zero-order valence-electron chi connectivity index (χ0n) is 21.9. The number of methoxy groups -OCH3 is 1. The molecule has 1 N–H and O–H groups in total. The number of carbonyl (C=O) groups is 2. The quantitative estimate of drug-likeness (QED) is 0.222. The second kappa shape index (κ2) is 11.0. The molecule has 3 aromatic carbocycles. The molecule has 0 unspecified atom stereocenters. The van der Waals surface area contributed by atoms with E-state index in [-0.39, 0.29) is 27.7 Å². The number of esters is 1. The Balaban J connectivity index is 1.38. The van der Waals surface area contributed by atoms with Crippen LogP contribution in [0.2, 0.25) is 5.02 Å². The molecule has 1 aliphatic rings. The average molecular weight is 583 g/mol. The minimum Gasteiger partial charge on any atom is -0.468 e. The van der Waals surface area contributed by atoms with Gasteiger partial charge in [-0.3, -0.25) is 10.1 Å².